The van der Waals surface area contributed by atoms with Crippen LogP contribution in [-0.2, 0) is 16.0 Å². The molecule has 2 aliphatic rings. The Labute approximate surface area is 124 Å². The van der Waals surface area contributed by atoms with Crippen molar-refractivity contribution >= 4 is 11.6 Å². The molecule has 0 saturated carbocycles. The van der Waals surface area contributed by atoms with Gasteiger partial charge in [0, 0.05) is 36.2 Å². The minimum Gasteiger partial charge on any atom is -0.378 e. The number of carbonyl (C=O) groups is 1. The van der Waals surface area contributed by atoms with Gasteiger partial charge in [-0.05, 0) is 44.5 Å². The monoisotopic (exact) mass is 292 g/mol. The molecule has 4 nitrogen and oxygen atoms in total. The molecule has 3 rings (SSSR count). The van der Waals surface area contributed by atoms with Crippen molar-refractivity contribution in [3.05, 3.63) is 29.1 Å². The highest BCUT2D eigenvalue weighted by molar-refractivity contribution is 5.93. The second-order valence-corrected chi connectivity index (χ2v) is 5.87. The lowest BCUT2D eigenvalue weighted by molar-refractivity contribution is -0.116. The first-order valence-electron chi connectivity index (χ1n) is 7.51. The van der Waals surface area contributed by atoms with Gasteiger partial charge < -0.3 is 15.4 Å². The molecule has 1 aromatic carbocycles. The number of benzene rings is 1. The average Bonchev–Trinajstić information content (AvgIpc) is 2.87. The third-order valence-corrected chi connectivity index (χ3v) is 4.63. The minimum absolute atomic E-state index is 0.0439. The molecule has 3 atom stereocenters. The van der Waals surface area contributed by atoms with E-state index in [-0.39, 0.29) is 29.8 Å². The molecule has 1 aromatic rings. The van der Waals surface area contributed by atoms with Gasteiger partial charge in [0.25, 0.3) is 0 Å². The van der Waals surface area contributed by atoms with Gasteiger partial charge in [0.1, 0.15) is 5.82 Å². The molecule has 0 radical (unpaired) electrons. The molecule has 1 saturated heterocycles. The maximum atomic E-state index is 14.5. The highest BCUT2D eigenvalue weighted by Crippen LogP contribution is 2.36. The lowest BCUT2D eigenvalue weighted by Crippen LogP contribution is -2.30. The van der Waals surface area contributed by atoms with E-state index < -0.39 is 0 Å². The van der Waals surface area contributed by atoms with Gasteiger partial charge in [0.2, 0.25) is 5.91 Å². The Morgan fingerprint density at radius 1 is 1.43 bits per heavy atom. The lowest BCUT2D eigenvalue weighted by Gasteiger charge is -2.28. The molecule has 114 valence electrons. The Kier molecular flexibility index (Phi) is 3.95. The van der Waals surface area contributed by atoms with E-state index in [4.69, 9.17) is 4.74 Å². The number of hydrogen-bond acceptors (Lipinski definition) is 3. The zero-order valence-electron chi connectivity index (χ0n) is 12.4. The number of anilines is 1. The van der Waals surface area contributed by atoms with Crippen molar-refractivity contribution in [1.82, 2.24) is 5.32 Å². The van der Waals surface area contributed by atoms with E-state index in [0.29, 0.717) is 24.1 Å². The van der Waals surface area contributed by atoms with Gasteiger partial charge in [0.15, 0.2) is 0 Å². The van der Waals surface area contributed by atoms with Gasteiger partial charge in [-0.2, -0.15) is 0 Å². The quantitative estimate of drug-likeness (QED) is 0.899. The van der Waals surface area contributed by atoms with Crippen LogP contribution in [0.2, 0.25) is 0 Å². The molecule has 0 aromatic heterocycles. The molecule has 2 N–H and O–H groups in total. The van der Waals surface area contributed by atoms with Crippen molar-refractivity contribution in [2.24, 2.45) is 5.92 Å². The highest BCUT2D eigenvalue weighted by atomic mass is 19.1. The van der Waals surface area contributed by atoms with Crippen molar-refractivity contribution in [3.63, 3.8) is 0 Å². The summed E-state index contributed by atoms with van der Waals surface area (Å²) in [6, 6.07) is 3.29. The standard InChI is InChI=1S/C16H21FN2O2/c1-9-11(5-6-21-9)16(18-2)12-7-10-3-4-15(20)19-14(10)8-13(12)17/h7-9,11,16,18H,3-6H2,1-2H3,(H,19,20). The Morgan fingerprint density at radius 2 is 2.24 bits per heavy atom. The molecule has 0 bridgehead atoms. The maximum absolute atomic E-state index is 14.5. The van der Waals surface area contributed by atoms with Gasteiger partial charge in [-0.15, -0.1) is 0 Å². The number of carbonyl (C=O) groups excluding carboxylic acids is 1. The number of fused-ring (bicyclic) bond motifs is 1. The molecule has 2 aliphatic heterocycles. The minimum atomic E-state index is -0.269. The van der Waals surface area contributed by atoms with Crippen molar-refractivity contribution in [1.29, 1.82) is 0 Å². The molecule has 2 heterocycles. The number of hydrogen-bond donors (Lipinski definition) is 2. The molecule has 1 fully saturated rings. The number of nitrogens with one attached hydrogen (secondary N) is 2. The van der Waals surface area contributed by atoms with Gasteiger partial charge >= 0.3 is 0 Å². The van der Waals surface area contributed by atoms with Gasteiger partial charge in [-0.1, -0.05) is 0 Å². The van der Waals surface area contributed by atoms with Crippen molar-refractivity contribution in [2.45, 2.75) is 38.3 Å². The average molecular weight is 292 g/mol. The summed E-state index contributed by atoms with van der Waals surface area (Å²) in [5.74, 6) is -0.0484. The summed E-state index contributed by atoms with van der Waals surface area (Å²) in [7, 11) is 1.86. The normalized spacial score (nSPS) is 26.3. The first-order chi connectivity index (χ1) is 10.1. The fraction of sp³-hybridized carbons (Fsp3) is 0.562. The summed E-state index contributed by atoms with van der Waals surface area (Å²) in [5.41, 5.74) is 2.30. The number of rotatable bonds is 3. The largest absolute Gasteiger partial charge is 0.378 e. The molecular weight excluding hydrogens is 271 g/mol. The Morgan fingerprint density at radius 3 is 2.90 bits per heavy atom. The summed E-state index contributed by atoms with van der Waals surface area (Å²) < 4.78 is 20.1. The third kappa shape index (κ3) is 2.68. The van der Waals surface area contributed by atoms with Crippen LogP contribution in [0, 0.1) is 11.7 Å². The van der Waals surface area contributed by atoms with Crippen LogP contribution < -0.4 is 10.6 Å². The number of ether oxygens (including phenoxy) is 1. The van der Waals surface area contributed by atoms with Crippen LogP contribution in [0.4, 0.5) is 10.1 Å². The van der Waals surface area contributed by atoms with E-state index >= 15 is 0 Å². The van der Waals surface area contributed by atoms with E-state index in [1.807, 2.05) is 20.0 Å². The van der Waals surface area contributed by atoms with E-state index in [2.05, 4.69) is 10.6 Å². The Bertz CT molecular complexity index is 561. The highest BCUT2D eigenvalue weighted by Gasteiger charge is 2.34. The van der Waals surface area contributed by atoms with E-state index in [0.717, 1.165) is 18.6 Å². The summed E-state index contributed by atoms with van der Waals surface area (Å²) in [4.78, 5) is 11.4. The Balaban J connectivity index is 1.95. The predicted molar refractivity (Wildman–Crippen MR) is 78.7 cm³/mol. The predicted octanol–water partition coefficient (Wildman–Crippen LogP) is 2.40. The second kappa shape index (κ2) is 5.73. The fourth-order valence-corrected chi connectivity index (χ4v) is 3.45. The Hall–Kier alpha value is -1.46. The van der Waals surface area contributed by atoms with E-state index in [9.17, 15) is 9.18 Å². The molecular formula is C16H21FN2O2. The first-order valence-corrected chi connectivity index (χ1v) is 7.51. The molecule has 1 amide bonds. The first kappa shape index (κ1) is 14.5. The number of halogens is 1. The number of aryl methyl sites for hydroxylation is 1. The zero-order chi connectivity index (χ0) is 15.0. The third-order valence-electron chi connectivity index (χ3n) is 4.63. The van der Waals surface area contributed by atoms with Crippen molar-refractivity contribution < 1.29 is 13.9 Å². The van der Waals surface area contributed by atoms with Gasteiger partial charge in [-0.25, -0.2) is 4.39 Å². The maximum Gasteiger partial charge on any atom is 0.224 e. The zero-order valence-corrected chi connectivity index (χ0v) is 12.4. The molecule has 21 heavy (non-hydrogen) atoms. The van der Waals surface area contributed by atoms with Crippen LogP contribution in [0.15, 0.2) is 12.1 Å². The SMILES string of the molecule is CNC(c1cc2c(cc1F)NC(=O)CC2)C1CCOC1C. The van der Waals surface area contributed by atoms with Gasteiger partial charge in [0.05, 0.1) is 6.10 Å². The molecule has 0 spiro atoms. The molecule has 0 aliphatic carbocycles. The van der Waals surface area contributed by atoms with E-state index in [1.165, 1.54) is 6.07 Å². The molecule has 5 heteroatoms. The van der Waals surface area contributed by atoms with Crippen LogP contribution in [-0.4, -0.2) is 25.7 Å². The van der Waals surface area contributed by atoms with E-state index in [1.54, 1.807) is 0 Å². The fourth-order valence-electron chi connectivity index (χ4n) is 3.45. The lowest BCUT2D eigenvalue weighted by atomic mass is 9.86. The summed E-state index contributed by atoms with van der Waals surface area (Å²) in [5, 5.41) is 5.98. The number of amides is 1. The van der Waals surface area contributed by atoms with Crippen LogP contribution in [0.1, 0.15) is 36.9 Å². The summed E-state index contributed by atoms with van der Waals surface area (Å²) in [6.07, 6.45) is 2.19. The van der Waals surface area contributed by atoms with Crippen molar-refractivity contribution in [3.8, 4) is 0 Å². The smallest absolute Gasteiger partial charge is 0.224 e. The van der Waals surface area contributed by atoms with Crippen molar-refractivity contribution in [2.75, 3.05) is 19.0 Å². The van der Waals surface area contributed by atoms with Crippen LogP contribution in [0.3, 0.4) is 0 Å². The van der Waals surface area contributed by atoms with Crippen LogP contribution in [0.25, 0.3) is 0 Å². The molecule has 3 unspecified atom stereocenters. The second-order valence-electron chi connectivity index (χ2n) is 5.87. The van der Waals surface area contributed by atoms with Crippen LogP contribution in [0.5, 0.6) is 0 Å². The summed E-state index contributed by atoms with van der Waals surface area (Å²) >= 11 is 0. The van der Waals surface area contributed by atoms with Gasteiger partial charge in [-0.3, -0.25) is 4.79 Å². The topological polar surface area (TPSA) is 50.4 Å². The summed E-state index contributed by atoms with van der Waals surface area (Å²) in [6.45, 7) is 2.77. The van der Waals surface area contributed by atoms with Crippen LogP contribution >= 0.6 is 0 Å².